The first-order valence-corrected chi connectivity index (χ1v) is 6.95. The molecule has 0 fully saturated rings. The minimum Gasteiger partial charge on any atom is -0.480 e. The second-order valence-corrected chi connectivity index (χ2v) is 5.09. The zero-order chi connectivity index (χ0) is 14.5. The van der Waals surface area contributed by atoms with Crippen molar-refractivity contribution in [1.82, 2.24) is 10.6 Å². The highest BCUT2D eigenvalue weighted by Crippen LogP contribution is 2.16. The average molecular weight is 276 g/mol. The van der Waals surface area contributed by atoms with Gasteiger partial charge in [0.15, 0.2) is 0 Å². The molecule has 0 aliphatic carbocycles. The van der Waals surface area contributed by atoms with E-state index < -0.39 is 12.0 Å². The Bertz CT molecular complexity index is 502. The third-order valence-electron chi connectivity index (χ3n) is 3.59. The third kappa shape index (κ3) is 3.36. The Labute approximate surface area is 118 Å². The molecular weight excluding hydrogens is 256 g/mol. The molecule has 5 nitrogen and oxygen atoms in total. The number of carboxylic acids is 1. The number of fused-ring (bicyclic) bond motifs is 1. The molecule has 1 aliphatic heterocycles. The highest BCUT2D eigenvalue weighted by atomic mass is 16.4. The lowest BCUT2D eigenvalue weighted by Crippen LogP contribution is -2.52. The second-order valence-electron chi connectivity index (χ2n) is 5.09. The van der Waals surface area contributed by atoms with Crippen LogP contribution in [0.5, 0.6) is 0 Å². The molecule has 0 aromatic heterocycles. The fraction of sp³-hybridized carbons (Fsp3) is 0.467. The molecule has 0 saturated carbocycles. The molecule has 3 N–H and O–H groups in total. The molecule has 1 aromatic carbocycles. The van der Waals surface area contributed by atoms with Crippen LogP contribution in [0.15, 0.2) is 24.3 Å². The van der Waals surface area contributed by atoms with Crippen LogP contribution in [0.3, 0.4) is 0 Å². The maximum absolute atomic E-state index is 12.2. The summed E-state index contributed by atoms with van der Waals surface area (Å²) in [5, 5.41) is 14.8. The Hall–Kier alpha value is -1.88. The van der Waals surface area contributed by atoms with Crippen molar-refractivity contribution < 1.29 is 14.7 Å². The van der Waals surface area contributed by atoms with Gasteiger partial charge in [-0.05, 0) is 24.0 Å². The highest BCUT2D eigenvalue weighted by molar-refractivity contribution is 5.87. The quantitative estimate of drug-likeness (QED) is 0.751. The molecule has 1 aliphatic rings. The van der Waals surface area contributed by atoms with Crippen LogP contribution < -0.4 is 10.6 Å². The Morgan fingerprint density at radius 1 is 1.40 bits per heavy atom. The van der Waals surface area contributed by atoms with E-state index in [1.807, 2.05) is 31.2 Å². The number of carboxylic acid groups (broad SMARTS) is 1. The summed E-state index contributed by atoms with van der Waals surface area (Å²) in [6.45, 7) is 2.54. The van der Waals surface area contributed by atoms with Gasteiger partial charge in [-0.1, -0.05) is 37.6 Å². The second kappa shape index (κ2) is 6.52. The minimum absolute atomic E-state index is 0.236. The van der Waals surface area contributed by atoms with Crippen molar-refractivity contribution >= 4 is 11.9 Å². The standard InChI is InChI=1S/C15H20N2O3/c1-2-5-12(15(19)20)17-14(18)13-8-10-6-3-4-7-11(10)9-16-13/h3-4,6-7,12-13,16H,2,5,8-9H2,1H3,(H,17,18)(H,19,20)/t12-,13?/m1/s1. The molecule has 1 amide bonds. The number of benzene rings is 1. The van der Waals surface area contributed by atoms with Crippen LogP contribution in [-0.4, -0.2) is 29.1 Å². The summed E-state index contributed by atoms with van der Waals surface area (Å²) < 4.78 is 0. The predicted octanol–water partition coefficient (Wildman–Crippen LogP) is 1.07. The molecule has 0 bridgehead atoms. The Morgan fingerprint density at radius 3 is 2.75 bits per heavy atom. The molecule has 5 heteroatoms. The number of carbonyl (C=O) groups excluding carboxylic acids is 1. The average Bonchev–Trinajstić information content (AvgIpc) is 2.46. The van der Waals surface area contributed by atoms with Gasteiger partial charge in [-0.15, -0.1) is 0 Å². The minimum atomic E-state index is -0.976. The number of aliphatic carboxylic acids is 1. The number of hydrogen-bond acceptors (Lipinski definition) is 3. The van der Waals surface area contributed by atoms with Gasteiger partial charge < -0.3 is 15.7 Å². The number of amides is 1. The van der Waals surface area contributed by atoms with Gasteiger partial charge in [0.1, 0.15) is 6.04 Å². The van der Waals surface area contributed by atoms with E-state index in [0.29, 0.717) is 19.4 Å². The number of hydrogen-bond donors (Lipinski definition) is 3. The van der Waals surface area contributed by atoms with Gasteiger partial charge in [-0.25, -0.2) is 4.79 Å². The van der Waals surface area contributed by atoms with Crippen molar-refractivity contribution in [3.05, 3.63) is 35.4 Å². The molecule has 0 spiro atoms. The van der Waals surface area contributed by atoms with Crippen molar-refractivity contribution in [2.75, 3.05) is 0 Å². The van der Waals surface area contributed by atoms with Crippen LogP contribution in [0.4, 0.5) is 0 Å². The summed E-state index contributed by atoms with van der Waals surface area (Å²) in [7, 11) is 0. The third-order valence-corrected chi connectivity index (χ3v) is 3.59. The topological polar surface area (TPSA) is 78.4 Å². The van der Waals surface area contributed by atoms with Gasteiger partial charge >= 0.3 is 5.97 Å². The molecule has 0 saturated heterocycles. The molecule has 20 heavy (non-hydrogen) atoms. The Morgan fingerprint density at radius 2 is 2.10 bits per heavy atom. The van der Waals surface area contributed by atoms with Crippen LogP contribution in [0.2, 0.25) is 0 Å². The first-order valence-electron chi connectivity index (χ1n) is 6.95. The number of carbonyl (C=O) groups is 2. The molecule has 108 valence electrons. The summed E-state index contributed by atoms with van der Waals surface area (Å²) in [6.07, 6.45) is 1.77. The van der Waals surface area contributed by atoms with Crippen molar-refractivity contribution in [2.45, 2.75) is 44.8 Å². The number of nitrogens with one attached hydrogen (secondary N) is 2. The van der Waals surface area contributed by atoms with E-state index in [2.05, 4.69) is 10.6 Å². The highest BCUT2D eigenvalue weighted by Gasteiger charge is 2.27. The zero-order valence-electron chi connectivity index (χ0n) is 11.6. The van der Waals surface area contributed by atoms with Gasteiger partial charge in [0.05, 0.1) is 6.04 Å². The summed E-state index contributed by atoms with van der Waals surface area (Å²) >= 11 is 0. The van der Waals surface area contributed by atoms with Crippen LogP contribution in [0.1, 0.15) is 30.9 Å². The van der Waals surface area contributed by atoms with Crippen LogP contribution in [-0.2, 0) is 22.6 Å². The fourth-order valence-corrected chi connectivity index (χ4v) is 2.46. The smallest absolute Gasteiger partial charge is 0.326 e. The van der Waals surface area contributed by atoms with Gasteiger partial charge in [-0.3, -0.25) is 4.79 Å². The molecule has 0 radical (unpaired) electrons. The first-order chi connectivity index (χ1) is 9.61. The van der Waals surface area contributed by atoms with E-state index in [1.54, 1.807) is 0 Å². The van der Waals surface area contributed by atoms with E-state index in [-0.39, 0.29) is 11.9 Å². The predicted molar refractivity (Wildman–Crippen MR) is 75.2 cm³/mol. The summed E-state index contributed by atoms with van der Waals surface area (Å²) in [5.74, 6) is -1.21. The molecular formula is C15H20N2O3. The molecule has 2 rings (SSSR count). The Kier molecular flexibility index (Phi) is 4.74. The van der Waals surface area contributed by atoms with E-state index in [4.69, 9.17) is 5.11 Å². The molecule has 1 heterocycles. The van der Waals surface area contributed by atoms with Crippen molar-refractivity contribution in [1.29, 1.82) is 0 Å². The first kappa shape index (κ1) is 14.5. The van der Waals surface area contributed by atoms with Crippen LogP contribution in [0, 0.1) is 0 Å². The maximum Gasteiger partial charge on any atom is 0.326 e. The van der Waals surface area contributed by atoms with Crippen molar-refractivity contribution in [3.8, 4) is 0 Å². The van der Waals surface area contributed by atoms with Gasteiger partial charge in [0.25, 0.3) is 0 Å². The largest absolute Gasteiger partial charge is 0.480 e. The summed E-state index contributed by atoms with van der Waals surface area (Å²) in [4.78, 5) is 23.2. The van der Waals surface area contributed by atoms with Gasteiger partial charge in [-0.2, -0.15) is 0 Å². The van der Waals surface area contributed by atoms with E-state index in [1.165, 1.54) is 5.56 Å². The van der Waals surface area contributed by atoms with Crippen molar-refractivity contribution in [2.24, 2.45) is 0 Å². The monoisotopic (exact) mass is 276 g/mol. The van der Waals surface area contributed by atoms with Crippen molar-refractivity contribution in [3.63, 3.8) is 0 Å². The van der Waals surface area contributed by atoms with Gasteiger partial charge in [0, 0.05) is 6.54 Å². The molecule has 1 aromatic rings. The lowest BCUT2D eigenvalue weighted by Gasteiger charge is -2.26. The fourth-order valence-electron chi connectivity index (χ4n) is 2.46. The molecule has 2 atom stereocenters. The molecule has 1 unspecified atom stereocenters. The Balaban J connectivity index is 1.99. The van der Waals surface area contributed by atoms with Crippen LogP contribution in [0.25, 0.3) is 0 Å². The summed E-state index contributed by atoms with van der Waals surface area (Å²) in [6, 6.07) is 6.82. The van der Waals surface area contributed by atoms with E-state index in [9.17, 15) is 9.59 Å². The maximum atomic E-state index is 12.2. The lowest BCUT2D eigenvalue weighted by atomic mass is 9.95. The zero-order valence-corrected chi connectivity index (χ0v) is 11.6. The van der Waals surface area contributed by atoms with Gasteiger partial charge in [0.2, 0.25) is 5.91 Å². The van der Waals surface area contributed by atoms with E-state index in [0.717, 1.165) is 12.0 Å². The van der Waals surface area contributed by atoms with E-state index >= 15 is 0 Å². The van der Waals surface area contributed by atoms with Crippen LogP contribution >= 0.6 is 0 Å². The normalized spacial score (nSPS) is 18.9. The number of rotatable bonds is 5. The summed E-state index contributed by atoms with van der Waals surface area (Å²) in [5.41, 5.74) is 2.34. The lowest BCUT2D eigenvalue weighted by molar-refractivity contribution is -0.142. The SMILES string of the molecule is CCC[C@@H](NC(=O)C1Cc2ccccc2CN1)C(=O)O.